The fraction of sp³-hybridized carbons (Fsp3) is 0.308. The van der Waals surface area contributed by atoms with E-state index in [4.69, 9.17) is 8.83 Å². The van der Waals surface area contributed by atoms with E-state index in [0.717, 1.165) is 11.5 Å². The molecule has 0 saturated carbocycles. The van der Waals surface area contributed by atoms with Gasteiger partial charge in [-0.3, -0.25) is 0 Å². The molecule has 18 heavy (non-hydrogen) atoms. The van der Waals surface area contributed by atoms with Crippen LogP contribution >= 0.6 is 0 Å². The van der Waals surface area contributed by atoms with Gasteiger partial charge in [-0.15, -0.1) is 0 Å². The van der Waals surface area contributed by atoms with Crippen molar-refractivity contribution in [2.75, 3.05) is 0 Å². The predicted octanol–water partition coefficient (Wildman–Crippen LogP) is 2.30. The summed E-state index contributed by atoms with van der Waals surface area (Å²) < 4.78 is 10.3. The molecule has 0 aliphatic carbocycles. The Labute approximate surface area is 105 Å². The minimum atomic E-state index is -0.217. The van der Waals surface area contributed by atoms with Gasteiger partial charge in [-0.25, -0.2) is 4.79 Å². The molecular formula is C13H16N2O3. The van der Waals surface area contributed by atoms with Crippen LogP contribution in [-0.4, -0.2) is 12.1 Å². The van der Waals surface area contributed by atoms with Gasteiger partial charge in [-0.05, 0) is 31.2 Å². The highest BCUT2D eigenvalue weighted by molar-refractivity contribution is 5.74. The molecule has 5 nitrogen and oxygen atoms in total. The first kappa shape index (κ1) is 12.3. The van der Waals surface area contributed by atoms with E-state index < -0.39 is 0 Å². The first-order chi connectivity index (χ1) is 8.74. The second-order valence-corrected chi connectivity index (χ2v) is 4.09. The van der Waals surface area contributed by atoms with Gasteiger partial charge in [0.1, 0.15) is 11.5 Å². The summed E-state index contributed by atoms with van der Waals surface area (Å²) in [7, 11) is 0. The number of urea groups is 1. The minimum Gasteiger partial charge on any atom is -0.469 e. The highest BCUT2D eigenvalue weighted by Gasteiger charge is 2.09. The van der Waals surface area contributed by atoms with E-state index >= 15 is 0 Å². The number of hydrogen-bond donors (Lipinski definition) is 2. The third-order valence-electron chi connectivity index (χ3n) is 2.47. The van der Waals surface area contributed by atoms with Gasteiger partial charge in [-0.2, -0.15) is 0 Å². The molecule has 2 aromatic rings. The van der Waals surface area contributed by atoms with E-state index in [2.05, 4.69) is 10.6 Å². The molecule has 0 bridgehead atoms. The third-order valence-corrected chi connectivity index (χ3v) is 2.47. The molecule has 0 aliphatic heterocycles. The first-order valence-corrected chi connectivity index (χ1v) is 5.83. The van der Waals surface area contributed by atoms with E-state index in [9.17, 15) is 4.79 Å². The monoisotopic (exact) mass is 248 g/mol. The SMILES string of the molecule is C[C@@H](Cc1ccco1)NC(=O)NCc1ccco1. The van der Waals surface area contributed by atoms with E-state index in [-0.39, 0.29) is 12.1 Å². The summed E-state index contributed by atoms with van der Waals surface area (Å²) in [5, 5.41) is 5.55. The standard InChI is InChI=1S/C13H16N2O3/c1-10(8-11-4-2-6-17-11)15-13(16)14-9-12-5-3-7-18-12/h2-7,10H,8-9H2,1H3,(H2,14,15,16)/t10-/m0/s1. The van der Waals surface area contributed by atoms with Crippen molar-refractivity contribution < 1.29 is 13.6 Å². The number of furan rings is 2. The molecule has 2 heterocycles. The van der Waals surface area contributed by atoms with Crippen molar-refractivity contribution in [2.45, 2.75) is 25.9 Å². The van der Waals surface area contributed by atoms with Crippen LogP contribution in [0.4, 0.5) is 4.79 Å². The molecule has 0 saturated heterocycles. The molecule has 2 N–H and O–H groups in total. The first-order valence-electron chi connectivity index (χ1n) is 5.83. The number of carbonyl (C=O) groups is 1. The lowest BCUT2D eigenvalue weighted by atomic mass is 10.2. The maximum Gasteiger partial charge on any atom is 0.315 e. The Morgan fingerprint density at radius 2 is 1.89 bits per heavy atom. The maximum absolute atomic E-state index is 11.6. The second kappa shape index (κ2) is 5.95. The number of carbonyl (C=O) groups excluding carboxylic acids is 1. The zero-order valence-corrected chi connectivity index (χ0v) is 10.2. The summed E-state index contributed by atoms with van der Waals surface area (Å²) >= 11 is 0. The third kappa shape index (κ3) is 3.69. The topological polar surface area (TPSA) is 67.4 Å². The van der Waals surface area contributed by atoms with Crippen molar-refractivity contribution >= 4 is 6.03 Å². The van der Waals surface area contributed by atoms with Crippen LogP contribution in [0.15, 0.2) is 45.6 Å². The Balaban J connectivity index is 1.70. The average Bonchev–Trinajstić information content (AvgIpc) is 2.98. The van der Waals surface area contributed by atoms with Crippen LogP contribution in [0.1, 0.15) is 18.4 Å². The van der Waals surface area contributed by atoms with Crippen molar-refractivity contribution in [3.05, 3.63) is 48.3 Å². The summed E-state index contributed by atoms with van der Waals surface area (Å²) in [5.41, 5.74) is 0. The summed E-state index contributed by atoms with van der Waals surface area (Å²) in [5.74, 6) is 1.58. The Morgan fingerprint density at radius 3 is 2.50 bits per heavy atom. The van der Waals surface area contributed by atoms with Gasteiger partial charge in [0, 0.05) is 12.5 Å². The van der Waals surface area contributed by atoms with E-state index in [0.29, 0.717) is 13.0 Å². The molecule has 2 rings (SSSR count). The minimum absolute atomic E-state index is 0.00718. The molecule has 0 aliphatic rings. The van der Waals surface area contributed by atoms with Crippen molar-refractivity contribution in [2.24, 2.45) is 0 Å². The molecular weight excluding hydrogens is 232 g/mol. The van der Waals surface area contributed by atoms with E-state index in [1.807, 2.05) is 25.1 Å². The Morgan fingerprint density at radius 1 is 1.22 bits per heavy atom. The van der Waals surface area contributed by atoms with E-state index in [1.54, 1.807) is 18.6 Å². The molecule has 0 radical (unpaired) electrons. The van der Waals surface area contributed by atoms with Gasteiger partial charge in [0.15, 0.2) is 0 Å². The van der Waals surface area contributed by atoms with E-state index in [1.165, 1.54) is 0 Å². The number of hydrogen-bond acceptors (Lipinski definition) is 3. The fourth-order valence-electron chi connectivity index (χ4n) is 1.64. The predicted molar refractivity (Wildman–Crippen MR) is 66.0 cm³/mol. The lowest BCUT2D eigenvalue weighted by Crippen LogP contribution is -2.41. The molecule has 2 aromatic heterocycles. The van der Waals surface area contributed by atoms with Crippen molar-refractivity contribution in [1.82, 2.24) is 10.6 Å². The molecule has 0 spiro atoms. The van der Waals surface area contributed by atoms with Crippen LogP contribution in [-0.2, 0) is 13.0 Å². The van der Waals surface area contributed by atoms with Gasteiger partial charge in [0.25, 0.3) is 0 Å². The van der Waals surface area contributed by atoms with Crippen LogP contribution in [0.25, 0.3) is 0 Å². The molecule has 0 fully saturated rings. The molecule has 1 atom stereocenters. The molecule has 0 aromatic carbocycles. The Bertz CT molecular complexity index is 462. The van der Waals surface area contributed by atoms with Crippen molar-refractivity contribution in [1.29, 1.82) is 0 Å². The summed E-state index contributed by atoms with van der Waals surface area (Å²) in [6.07, 6.45) is 3.87. The summed E-state index contributed by atoms with van der Waals surface area (Å²) in [4.78, 5) is 11.6. The molecule has 96 valence electrons. The lowest BCUT2D eigenvalue weighted by Gasteiger charge is -2.12. The highest BCUT2D eigenvalue weighted by atomic mass is 16.3. The zero-order chi connectivity index (χ0) is 12.8. The highest BCUT2D eigenvalue weighted by Crippen LogP contribution is 2.03. The molecule has 2 amide bonds. The maximum atomic E-state index is 11.6. The molecule has 5 heteroatoms. The van der Waals surface area contributed by atoms with Gasteiger partial charge in [0.2, 0.25) is 0 Å². The smallest absolute Gasteiger partial charge is 0.315 e. The van der Waals surface area contributed by atoms with Crippen molar-refractivity contribution in [3.8, 4) is 0 Å². The lowest BCUT2D eigenvalue weighted by molar-refractivity contribution is 0.236. The largest absolute Gasteiger partial charge is 0.469 e. The zero-order valence-electron chi connectivity index (χ0n) is 10.2. The van der Waals surface area contributed by atoms with Crippen LogP contribution in [0.2, 0.25) is 0 Å². The van der Waals surface area contributed by atoms with Gasteiger partial charge in [0.05, 0.1) is 19.1 Å². The number of nitrogens with one attached hydrogen (secondary N) is 2. The Hall–Kier alpha value is -2.17. The quantitative estimate of drug-likeness (QED) is 0.853. The number of rotatable bonds is 5. The van der Waals surface area contributed by atoms with Crippen LogP contribution in [0, 0.1) is 0 Å². The van der Waals surface area contributed by atoms with Gasteiger partial charge >= 0.3 is 6.03 Å². The van der Waals surface area contributed by atoms with Gasteiger partial charge < -0.3 is 19.5 Å². The van der Waals surface area contributed by atoms with Crippen molar-refractivity contribution in [3.63, 3.8) is 0 Å². The summed E-state index contributed by atoms with van der Waals surface area (Å²) in [6.45, 7) is 2.31. The Kier molecular flexibility index (Phi) is 4.06. The van der Waals surface area contributed by atoms with Gasteiger partial charge in [-0.1, -0.05) is 0 Å². The van der Waals surface area contributed by atoms with Crippen LogP contribution in [0.3, 0.4) is 0 Å². The fourth-order valence-corrected chi connectivity index (χ4v) is 1.64. The number of amides is 2. The normalized spacial score (nSPS) is 12.1. The second-order valence-electron chi connectivity index (χ2n) is 4.09. The summed E-state index contributed by atoms with van der Waals surface area (Å²) in [6, 6.07) is 7.11. The molecule has 0 unspecified atom stereocenters. The van der Waals surface area contributed by atoms with Crippen LogP contribution in [0.5, 0.6) is 0 Å². The average molecular weight is 248 g/mol. The van der Waals surface area contributed by atoms with Crippen LogP contribution < -0.4 is 10.6 Å².